The third kappa shape index (κ3) is 4.43. The van der Waals surface area contributed by atoms with E-state index in [9.17, 15) is 0 Å². The molecule has 0 unspecified atom stereocenters. The molecule has 0 aliphatic carbocycles. The molecule has 0 fully saturated rings. The van der Waals surface area contributed by atoms with Crippen molar-refractivity contribution in [2.45, 2.75) is 26.9 Å². The highest BCUT2D eigenvalue weighted by Crippen LogP contribution is 1.68. The van der Waals surface area contributed by atoms with Crippen molar-refractivity contribution in [1.29, 1.82) is 0 Å². The van der Waals surface area contributed by atoms with E-state index in [1.54, 1.807) is 0 Å². The molecule has 2 nitrogen and oxygen atoms in total. The van der Waals surface area contributed by atoms with Crippen molar-refractivity contribution in [3.8, 4) is 0 Å². The fraction of sp³-hybridized carbons (Fsp3) is 1.00. The fourth-order valence-corrected chi connectivity index (χ4v) is 0.956. The minimum atomic E-state index is -0.153. The Labute approximate surface area is 57.5 Å². The Kier molecular flexibility index (Phi) is 4.72. The van der Waals surface area contributed by atoms with Gasteiger partial charge in [-0.3, -0.25) is 0 Å². The normalized spacial score (nSPS) is 14.3. The van der Waals surface area contributed by atoms with Crippen molar-refractivity contribution in [1.82, 2.24) is 0 Å². The molecule has 0 aliphatic heterocycles. The molecule has 0 saturated carbocycles. The van der Waals surface area contributed by atoms with Gasteiger partial charge in [-0.1, -0.05) is 0 Å². The summed E-state index contributed by atoms with van der Waals surface area (Å²) in [5.74, 6) is 0. The van der Waals surface area contributed by atoms with E-state index in [0.29, 0.717) is 0 Å². The molecular weight excluding hydrogens is 114 g/mol. The monoisotopic (exact) mass is 132 g/mol. The Morgan fingerprint density at radius 1 is 1.33 bits per heavy atom. The Bertz CT molecular complexity index is 59.9. The van der Waals surface area contributed by atoms with Crippen LogP contribution in [0.4, 0.5) is 0 Å². The first-order valence-electron chi connectivity index (χ1n) is 3.72. The molecule has 0 aromatic heterocycles. The van der Waals surface area contributed by atoms with Crippen molar-refractivity contribution in [3.05, 3.63) is 0 Å². The van der Waals surface area contributed by atoms with Crippen LogP contribution < -0.4 is 4.90 Å². The highest BCUT2D eigenvalue weighted by molar-refractivity contribution is 4.37. The minimum Gasteiger partial charge on any atom is -0.388 e. The highest BCUT2D eigenvalue weighted by atomic mass is 16.3. The molecule has 0 saturated heterocycles. The van der Waals surface area contributed by atoms with Crippen molar-refractivity contribution in [3.63, 3.8) is 0 Å². The van der Waals surface area contributed by atoms with Crippen LogP contribution in [0.3, 0.4) is 0 Å². The lowest BCUT2D eigenvalue weighted by Gasteiger charge is -2.16. The van der Waals surface area contributed by atoms with Gasteiger partial charge in [0, 0.05) is 0 Å². The molecule has 9 heavy (non-hydrogen) atoms. The van der Waals surface area contributed by atoms with Gasteiger partial charge in [0.2, 0.25) is 0 Å². The summed E-state index contributed by atoms with van der Waals surface area (Å²) in [6, 6.07) is 0. The molecule has 0 bridgehead atoms. The molecular formula is C7H18NO+. The molecule has 0 amide bonds. The maximum Gasteiger partial charge on any atom is 0.103 e. The van der Waals surface area contributed by atoms with E-state index in [2.05, 4.69) is 13.8 Å². The molecule has 0 aliphatic rings. The number of aliphatic hydroxyl groups is 1. The first kappa shape index (κ1) is 8.92. The van der Waals surface area contributed by atoms with Crippen LogP contribution in [-0.4, -0.2) is 30.8 Å². The molecule has 56 valence electrons. The van der Waals surface area contributed by atoms with Crippen LogP contribution in [0.2, 0.25) is 0 Å². The third-order valence-corrected chi connectivity index (χ3v) is 1.58. The molecule has 1 atom stereocenters. The molecule has 0 spiro atoms. The summed E-state index contributed by atoms with van der Waals surface area (Å²) >= 11 is 0. The van der Waals surface area contributed by atoms with Gasteiger partial charge >= 0.3 is 0 Å². The van der Waals surface area contributed by atoms with Crippen LogP contribution in [0.25, 0.3) is 0 Å². The first-order chi connectivity index (χ1) is 4.20. The summed E-state index contributed by atoms with van der Waals surface area (Å²) in [7, 11) is 0. The van der Waals surface area contributed by atoms with Gasteiger partial charge in [0.25, 0.3) is 0 Å². The summed E-state index contributed by atoms with van der Waals surface area (Å²) in [6.45, 7) is 9.23. The largest absolute Gasteiger partial charge is 0.388 e. The molecule has 2 heteroatoms. The average Bonchev–Trinajstić information content (AvgIpc) is 1.82. The first-order valence-corrected chi connectivity index (χ1v) is 3.72. The molecule has 0 radical (unpaired) electrons. The van der Waals surface area contributed by atoms with Gasteiger partial charge in [0.1, 0.15) is 12.6 Å². The predicted molar refractivity (Wildman–Crippen MR) is 38.6 cm³/mol. The third-order valence-electron chi connectivity index (χ3n) is 1.58. The number of hydrogen-bond donors (Lipinski definition) is 2. The van der Waals surface area contributed by atoms with E-state index >= 15 is 0 Å². The second kappa shape index (κ2) is 4.77. The van der Waals surface area contributed by atoms with E-state index in [0.717, 1.165) is 19.6 Å². The van der Waals surface area contributed by atoms with E-state index in [-0.39, 0.29) is 6.10 Å². The Hall–Kier alpha value is -0.0800. The van der Waals surface area contributed by atoms with Crippen LogP contribution in [0.1, 0.15) is 20.8 Å². The summed E-state index contributed by atoms with van der Waals surface area (Å²) in [4.78, 5) is 1.46. The smallest absolute Gasteiger partial charge is 0.103 e. The van der Waals surface area contributed by atoms with E-state index < -0.39 is 0 Å². The topological polar surface area (TPSA) is 24.7 Å². The maximum absolute atomic E-state index is 8.96. The van der Waals surface area contributed by atoms with Gasteiger partial charge in [0.05, 0.1) is 13.1 Å². The van der Waals surface area contributed by atoms with Gasteiger partial charge in [-0.25, -0.2) is 0 Å². The zero-order valence-corrected chi connectivity index (χ0v) is 6.65. The zero-order valence-electron chi connectivity index (χ0n) is 6.65. The Morgan fingerprint density at radius 2 is 1.78 bits per heavy atom. The number of aliphatic hydroxyl groups excluding tert-OH is 1. The number of quaternary nitrogens is 1. The van der Waals surface area contributed by atoms with Crippen LogP contribution in [-0.2, 0) is 0 Å². The highest BCUT2D eigenvalue weighted by Gasteiger charge is 2.04. The predicted octanol–water partition coefficient (Wildman–Crippen LogP) is -0.708. The Morgan fingerprint density at radius 3 is 1.89 bits per heavy atom. The van der Waals surface area contributed by atoms with E-state index in [4.69, 9.17) is 5.11 Å². The molecule has 0 heterocycles. The summed E-state index contributed by atoms with van der Waals surface area (Å²) in [6.07, 6.45) is -0.153. The van der Waals surface area contributed by atoms with Gasteiger partial charge < -0.3 is 10.0 Å². The van der Waals surface area contributed by atoms with Crippen LogP contribution in [0.5, 0.6) is 0 Å². The summed E-state index contributed by atoms with van der Waals surface area (Å²) in [5, 5.41) is 8.96. The van der Waals surface area contributed by atoms with Crippen LogP contribution in [0, 0.1) is 0 Å². The molecule has 0 aromatic carbocycles. The SMILES string of the molecule is CC[NH+](CC)C[C@H](C)O. The van der Waals surface area contributed by atoms with Gasteiger partial charge in [0.15, 0.2) is 0 Å². The average molecular weight is 132 g/mol. The Balaban J connectivity index is 3.31. The van der Waals surface area contributed by atoms with Crippen molar-refractivity contribution in [2.24, 2.45) is 0 Å². The molecule has 2 N–H and O–H groups in total. The van der Waals surface area contributed by atoms with Gasteiger partial charge in [-0.05, 0) is 20.8 Å². The van der Waals surface area contributed by atoms with Crippen molar-refractivity contribution >= 4 is 0 Å². The summed E-state index contributed by atoms with van der Waals surface area (Å²) < 4.78 is 0. The minimum absolute atomic E-state index is 0.153. The van der Waals surface area contributed by atoms with Gasteiger partial charge in [-0.15, -0.1) is 0 Å². The second-order valence-electron chi connectivity index (χ2n) is 2.51. The number of likely N-dealkylation sites (N-methyl/N-ethyl adjacent to an activating group) is 1. The summed E-state index contributed by atoms with van der Waals surface area (Å²) in [5.41, 5.74) is 0. The lowest BCUT2D eigenvalue weighted by atomic mass is 10.3. The second-order valence-corrected chi connectivity index (χ2v) is 2.51. The van der Waals surface area contributed by atoms with E-state index in [1.165, 1.54) is 4.90 Å². The molecule has 0 rings (SSSR count). The lowest BCUT2D eigenvalue weighted by molar-refractivity contribution is -0.899. The maximum atomic E-state index is 8.96. The standard InChI is InChI=1S/C7H17NO/c1-4-8(5-2)6-7(3)9/h7,9H,4-6H2,1-3H3/p+1/t7-/m0/s1. The van der Waals surface area contributed by atoms with Crippen LogP contribution in [0.15, 0.2) is 0 Å². The number of rotatable bonds is 4. The van der Waals surface area contributed by atoms with E-state index in [1.807, 2.05) is 6.92 Å². The van der Waals surface area contributed by atoms with Crippen molar-refractivity contribution in [2.75, 3.05) is 19.6 Å². The fourth-order valence-electron chi connectivity index (χ4n) is 0.956. The number of nitrogens with one attached hydrogen (secondary N) is 1. The van der Waals surface area contributed by atoms with Gasteiger partial charge in [-0.2, -0.15) is 0 Å². The number of hydrogen-bond acceptors (Lipinski definition) is 1. The lowest BCUT2D eigenvalue weighted by Crippen LogP contribution is -3.12. The van der Waals surface area contributed by atoms with Crippen LogP contribution >= 0.6 is 0 Å². The zero-order chi connectivity index (χ0) is 7.28. The van der Waals surface area contributed by atoms with Crippen molar-refractivity contribution < 1.29 is 10.0 Å². The quantitative estimate of drug-likeness (QED) is 0.519. The molecule has 0 aromatic rings.